The van der Waals surface area contributed by atoms with Crippen LogP contribution in [0.25, 0.3) is 5.76 Å². The van der Waals surface area contributed by atoms with Gasteiger partial charge in [-0.1, -0.05) is 35.9 Å². The third-order valence-corrected chi connectivity index (χ3v) is 5.05. The maximum absolute atomic E-state index is 13.0. The molecule has 1 saturated heterocycles. The molecule has 8 heteroatoms. The van der Waals surface area contributed by atoms with Gasteiger partial charge in [-0.2, -0.15) is 0 Å². The summed E-state index contributed by atoms with van der Waals surface area (Å²) < 4.78 is 0. The molecule has 1 aromatic heterocycles. The molecule has 0 bridgehead atoms. The first-order valence-electron chi connectivity index (χ1n) is 9.42. The predicted octanol–water partition coefficient (Wildman–Crippen LogP) is 3.92. The number of non-ortho nitro benzene ring substituents is 1. The molecule has 1 atom stereocenters. The van der Waals surface area contributed by atoms with Gasteiger partial charge in [-0.3, -0.25) is 29.6 Å². The number of benzene rings is 2. The maximum Gasteiger partial charge on any atom is 0.300 e. The third-order valence-electron chi connectivity index (χ3n) is 5.05. The van der Waals surface area contributed by atoms with Gasteiger partial charge in [0.1, 0.15) is 11.8 Å². The summed E-state index contributed by atoms with van der Waals surface area (Å²) in [5, 5.41) is 22.1. The van der Waals surface area contributed by atoms with E-state index in [4.69, 9.17) is 0 Å². The van der Waals surface area contributed by atoms with Crippen molar-refractivity contribution in [1.29, 1.82) is 0 Å². The number of amides is 1. The van der Waals surface area contributed by atoms with E-state index in [9.17, 15) is 24.8 Å². The van der Waals surface area contributed by atoms with Gasteiger partial charge >= 0.3 is 0 Å². The van der Waals surface area contributed by atoms with Gasteiger partial charge in [-0.05, 0) is 31.2 Å². The van der Waals surface area contributed by atoms with Gasteiger partial charge in [0.25, 0.3) is 17.4 Å². The number of aryl methyl sites for hydroxylation is 1. The molecule has 1 aliphatic heterocycles. The van der Waals surface area contributed by atoms with E-state index < -0.39 is 28.4 Å². The Morgan fingerprint density at radius 2 is 1.81 bits per heavy atom. The van der Waals surface area contributed by atoms with E-state index in [2.05, 4.69) is 4.98 Å². The van der Waals surface area contributed by atoms with Crippen LogP contribution in [0, 0.1) is 17.0 Å². The minimum Gasteiger partial charge on any atom is -0.507 e. The zero-order chi connectivity index (χ0) is 22.1. The number of hydrogen-bond acceptors (Lipinski definition) is 6. The standard InChI is InChI=1S/C23H17N3O5/c1-14-8-10-16(11-9-14)25-20(18-7-2-3-12-24-18)19(22(28)23(25)29)21(27)15-5-4-6-17(13-15)26(30)31/h2-13,20,27H,1H3/b21-19-. The van der Waals surface area contributed by atoms with Crippen molar-refractivity contribution in [2.45, 2.75) is 13.0 Å². The summed E-state index contributed by atoms with van der Waals surface area (Å²) in [6.45, 7) is 1.90. The Bertz CT molecular complexity index is 1220. The molecule has 4 rings (SSSR count). The number of nitro groups is 1. The van der Waals surface area contributed by atoms with Crippen molar-refractivity contribution in [2.24, 2.45) is 0 Å². The number of Topliss-reactive ketones (excluding diaryl/α,β-unsaturated/α-hetero) is 1. The van der Waals surface area contributed by atoms with Crippen molar-refractivity contribution < 1.29 is 19.6 Å². The topological polar surface area (TPSA) is 114 Å². The molecule has 0 saturated carbocycles. The number of aliphatic hydroxyl groups excluding tert-OH is 1. The van der Waals surface area contributed by atoms with Crippen LogP contribution < -0.4 is 4.90 Å². The normalized spacial score (nSPS) is 17.7. The lowest BCUT2D eigenvalue weighted by Crippen LogP contribution is -2.29. The SMILES string of the molecule is Cc1ccc(N2C(=O)C(=O)/C(=C(\O)c3cccc([N+](=O)[O-])c3)C2c2ccccn2)cc1. The highest BCUT2D eigenvalue weighted by molar-refractivity contribution is 6.51. The third kappa shape index (κ3) is 3.55. The van der Waals surface area contributed by atoms with Crippen LogP contribution in [0.4, 0.5) is 11.4 Å². The number of nitro benzene ring substituents is 1. The largest absolute Gasteiger partial charge is 0.507 e. The van der Waals surface area contributed by atoms with Gasteiger partial charge in [0.15, 0.2) is 0 Å². The Labute approximate surface area is 177 Å². The molecule has 1 amide bonds. The van der Waals surface area contributed by atoms with Gasteiger partial charge in [0.2, 0.25) is 0 Å². The Kier molecular flexibility index (Phi) is 5.04. The number of carbonyl (C=O) groups excluding carboxylic acids is 2. The average molecular weight is 415 g/mol. The predicted molar refractivity (Wildman–Crippen MR) is 113 cm³/mol. The second kappa shape index (κ2) is 7.83. The van der Waals surface area contributed by atoms with E-state index in [0.717, 1.165) is 11.6 Å². The van der Waals surface area contributed by atoms with Gasteiger partial charge in [0, 0.05) is 29.6 Å². The highest BCUT2D eigenvalue weighted by Gasteiger charge is 2.47. The summed E-state index contributed by atoms with van der Waals surface area (Å²) in [6, 6.07) is 16.4. The van der Waals surface area contributed by atoms with Crippen LogP contribution in [0.3, 0.4) is 0 Å². The van der Waals surface area contributed by atoms with Gasteiger partial charge in [-0.15, -0.1) is 0 Å². The minimum atomic E-state index is -0.983. The van der Waals surface area contributed by atoms with Crippen LogP contribution in [0.5, 0.6) is 0 Å². The fraction of sp³-hybridized carbons (Fsp3) is 0.0870. The number of anilines is 1. The lowest BCUT2D eigenvalue weighted by molar-refractivity contribution is -0.384. The molecule has 1 aliphatic rings. The molecule has 2 aromatic carbocycles. The lowest BCUT2D eigenvalue weighted by Gasteiger charge is -2.24. The van der Waals surface area contributed by atoms with Crippen molar-refractivity contribution in [3.05, 3.63) is 105 Å². The number of hydrogen-bond donors (Lipinski definition) is 1. The van der Waals surface area contributed by atoms with E-state index in [1.165, 1.54) is 29.3 Å². The molecule has 8 nitrogen and oxygen atoms in total. The summed E-state index contributed by atoms with van der Waals surface area (Å²) in [4.78, 5) is 42.1. The number of pyridine rings is 1. The van der Waals surface area contributed by atoms with Crippen LogP contribution in [0.1, 0.15) is 22.9 Å². The molecule has 1 fully saturated rings. The van der Waals surface area contributed by atoms with Crippen molar-refractivity contribution in [3.63, 3.8) is 0 Å². The number of carbonyl (C=O) groups is 2. The summed E-state index contributed by atoms with van der Waals surface area (Å²) in [6.07, 6.45) is 1.53. The smallest absolute Gasteiger partial charge is 0.300 e. The summed E-state index contributed by atoms with van der Waals surface area (Å²) in [5.41, 5.74) is 1.48. The monoisotopic (exact) mass is 415 g/mol. The minimum absolute atomic E-state index is 0.0667. The zero-order valence-corrected chi connectivity index (χ0v) is 16.4. The van der Waals surface area contributed by atoms with Gasteiger partial charge in [0.05, 0.1) is 16.2 Å². The van der Waals surface area contributed by atoms with Crippen LogP contribution in [0.2, 0.25) is 0 Å². The molecule has 1 N–H and O–H groups in total. The first kappa shape index (κ1) is 20.0. The molecule has 0 aliphatic carbocycles. The van der Waals surface area contributed by atoms with Gasteiger partial charge in [-0.25, -0.2) is 0 Å². The van der Waals surface area contributed by atoms with Crippen LogP contribution in [-0.4, -0.2) is 26.7 Å². The lowest BCUT2D eigenvalue weighted by atomic mass is 9.98. The molecular formula is C23H17N3O5. The number of aromatic nitrogens is 1. The molecule has 154 valence electrons. The summed E-state index contributed by atoms with van der Waals surface area (Å²) in [5.74, 6) is -2.20. The van der Waals surface area contributed by atoms with E-state index in [0.29, 0.717) is 11.4 Å². The number of ketones is 1. The molecule has 3 aromatic rings. The summed E-state index contributed by atoms with van der Waals surface area (Å²) in [7, 11) is 0. The molecule has 0 radical (unpaired) electrons. The van der Waals surface area contributed by atoms with Gasteiger partial charge < -0.3 is 5.11 Å². The Hall–Kier alpha value is -4.33. The van der Waals surface area contributed by atoms with Crippen LogP contribution in [-0.2, 0) is 9.59 Å². The quantitative estimate of drug-likeness (QED) is 0.227. The number of nitrogens with zero attached hydrogens (tertiary/aromatic N) is 3. The highest BCUT2D eigenvalue weighted by atomic mass is 16.6. The fourth-order valence-electron chi connectivity index (χ4n) is 3.54. The molecular weight excluding hydrogens is 398 g/mol. The maximum atomic E-state index is 13.0. The summed E-state index contributed by atoms with van der Waals surface area (Å²) >= 11 is 0. The second-order valence-corrected chi connectivity index (χ2v) is 7.07. The first-order valence-corrected chi connectivity index (χ1v) is 9.42. The average Bonchev–Trinajstić information content (AvgIpc) is 3.05. The Morgan fingerprint density at radius 3 is 2.45 bits per heavy atom. The van der Waals surface area contributed by atoms with Crippen molar-refractivity contribution >= 4 is 28.8 Å². The van der Waals surface area contributed by atoms with E-state index >= 15 is 0 Å². The van der Waals surface area contributed by atoms with Crippen LogP contribution >= 0.6 is 0 Å². The highest BCUT2D eigenvalue weighted by Crippen LogP contribution is 2.41. The van der Waals surface area contributed by atoms with Crippen molar-refractivity contribution in [3.8, 4) is 0 Å². The fourth-order valence-corrected chi connectivity index (χ4v) is 3.54. The molecule has 0 spiro atoms. The first-order chi connectivity index (χ1) is 14.9. The molecule has 31 heavy (non-hydrogen) atoms. The van der Waals surface area contributed by atoms with Crippen molar-refractivity contribution in [1.82, 2.24) is 4.98 Å². The number of rotatable bonds is 4. The Morgan fingerprint density at radius 1 is 1.06 bits per heavy atom. The van der Waals surface area contributed by atoms with Crippen LogP contribution in [0.15, 0.2) is 78.5 Å². The van der Waals surface area contributed by atoms with E-state index in [1.807, 2.05) is 19.1 Å². The Balaban J connectivity index is 1.93. The number of aliphatic hydroxyl groups is 1. The van der Waals surface area contributed by atoms with E-state index in [1.54, 1.807) is 30.3 Å². The molecule has 2 heterocycles. The second-order valence-electron chi connectivity index (χ2n) is 7.07. The van der Waals surface area contributed by atoms with E-state index in [-0.39, 0.29) is 16.8 Å². The zero-order valence-electron chi connectivity index (χ0n) is 16.4. The van der Waals surface area contributed by atoms with Crippen molar-refractivity contribution in [2.75, 3.05) is 4.90 Å². The molecule has 1 unspecified atom stereocenters.